The summed E-state index contributed by atoms with van der Waals surface area (Å²) in [6.45, 7) is -0.390. The molecule has 236 valence electrons. The van der Waals surface area contributed by atoms with Crippen LogP contribution in [0.4, 0.5) is 5.82 Å². The van der Waals surface area contributed by atoms with E-state index in [2.05, 4.69) is 68.5 Å². The first-order valence-corrected chi connectivity index (χ1v) is 15.0. The van der Waals surface area contributed by atoms with Crippen molar-refractivity contribution >= 4 is 44.4 Å². The zero-order valence-electron chi connectivity index (χ0n) is 25.0. The van der Waals surface area contributed by atoms with E-state index in [9.17, 15) is 15.0 Å². The van der Waals surface area contributed by atoms with E-state index >= 15 is 0 Å². The molecular weight excluding hydrogens is 586 g/mol. The van der Waals surface area contributed by atoms with Gasteiger partial charge in [0.25, 0.3) is 0 Å². The van der Waals surface area contributed by atoms with E-state index in [-0.39, 0.29) is 5.82 Å². The largest absolute Gasteiger partial charge is 0.394 e. The number of anilines is 1. The number of imidazole rings is 1. The van der Waals surface area contributed by atoms with Gasteiger partial charge in [0.2, 0.25) is 5.91 Å². The maximum absolute atomic E-state index is 10.4. The summed E-state index contributed by atoms with van der Waals surface area (Å²) < 4.78 is 6.85. The van der Waals surface area contributed by atoms with Gasteiger partial charge in [0.1, 0.15) is 30.2 Å². The number of nitrogens with two attached hydrogens (primary N) is 2. The highest BCUT2D eigenvalue weighted by molar-refractivity contribution is 6.08. The van der Waals surface area contributed by atoms with E-state index < -0.39 is 37.1 Å². The van der Waals surface area contributed by atoms with Crippen LogP contribution in [-0.2, 0) is 17.6 Å². The van der Waals surface area contributed by atoms with E-state index in [1.807, 2.05) is 0 Å². The van der Waals surface area contributed by atoms with Crippen LogP contribution in [0.5, 0.6) is 0 Å². The third-order valence-electron chi connectivity index (χ3n) is 8.38. The zero-order valence-corrected chi connectivity index (χ0v) is 25.0. The molecule has 2 aliphatic rings. The van der Waals surface area contributed by atoms with Crippen LogP contribution in [0.2, 0.25) is 0 Å². The number of aliphatic hydroxyl groups is 3. The Morgan fingerprint density at radius 3 is 2.46 bits per heavy atom. The van der Waals surface area contributed by atoms with Crippen LogP contribution in [0, 0.1) is 0 Å². The zero-order chi connectivity index (χ0) is 32.2. The van der Waals surface area contributed by atoms with Gasteiger partial charge in [-0.3, -0.25) is 14.3 Å². The number of amides is 1. The van der Waals surface area contributed by atoms with Crippen LogP contribution < -0.4 is 11.5 Å². The third-order valence-corrected chi connectivity index (χ3v) is 8.38. The molecule has 3 aromatic carbocycles. The van der Waals surface area contributed by atoms with Gasteiger partial charge < -0.3 is 31.5 Å². The molecule has 0 unspecified atom stereocenters. The predicted octanol–water partition coefficient (Wildman–Crippen LogP) is 3.07. The maximum atomic E-state index is 10.4. The Hall–Kier alpha value is -5.01. The minimum atomic E-state index is -1.19. The Morgan fingerprint density at radius 1 is 0.913 bits per heavy atom. The summed E-state index contributed by atoms with van der Waals surface area (Å²) in [7, 11) is 0. The molecule has 1 fully saturated rings. The second-order valence-electron chi connectivity index (χ2n) is 11.2. The number of aliphatic hydroxyl groups excluding tert-OH is 3. The fourth-order valence-electron chi connectivity index (χ4n) is 6.02. The molecule has 4 heterocycles. The minimum absolute atomic E-state index is 0.218. The molecule has 7 N–H and O–H groups in total. The molecule has 8 rings (SSSR count). The van der Waals surface area contributed by atoms with Crippen molar-refractivity contribution in [3.8, 4) is 0 Å². The Balaban J connectivity index is 0.000000129. The molecule has 1 aliphatic heterocycles. The van der Waals surface area contributed by atoms with Gasteiger partial charge in [-0.15, -0.1) is 0 Å². The molecule has 12 heteroatoms. The first kappa shape index (κ1) is 31.0. The number of ether oxygens (including phenoxy) is 1. The smallest absolute Gasteiger partial charge is 0.250 e. The van der Waals surface area contributed by atoms with Gasteiger partial charge in [-0.25, -0.2) is 15.0 Å². The second kappa shape index (κ2) is 13.5. The van der Waals surface area contributed by atoms with Gasteiger partial charge in [-0.2, -0.15) is 0 Å². The van der Waals surface area contributed by atoms with Gasteiger partial charge in [0, 0.05) is 12.4 Å². The van der Waals surface area contributed by atoms with E-state index in [1.54, 1.807) is 29.5 Å². The monoisotopic (exact) mass is 621 g/mol. The van der Waals surface area contributed by atoms with Gasteiger partial charge >= 0.3 is 0 Å². The Morgan fingerprint density at radius 2 is 1.72 bits per heavy atom. The maximum Gasteiger partial charge on any atom is 0.250 e. The lowest BCUT2D eigenvalue weighted by Crippen LogP contribution is -2.33. The summed E-state index contributed by atoms with van der Waals surface area (Å²) in [6.07, 6.45) is 6.82. The van der Waals surface area contributed by atoms with Crippen LogP contribution in [0.3, 0.4) is 0 Å². The number of carbonyl (C=O) groups excluding carboxylic acids is 1. The standard InChI is InChI=1S/C18H16.C10H13N5O4.C6H6N2O/c1-3-7-15-13(5-1)9-11-18-16-8-4-2-6-14(16)10-12-17(15)18;11-8-5-9(13-2-12-8)15(3-14-5)10-7(18)6(17)4(1-16)19-10;7-6(9)5-2-1-3-8-4-5/h1,3,5,7,9-12H,2,4,6,8H2;2-4,6-7,10,16-18H,1H2,(H2,11,12,13);1-4H,(H2,7,9)/t;4-,6-,7-,10-;/m.1./s1. The van der Waals surface area contributed by atoms with Crippen LogP contribution >= 0.6 is 0 Å². The number of benzene rings is 3. The number of fused-ring (bicyclic) bond motifs is 6. The average Bonchev–Trinajstić information content (AvgIpc) is 3.66. The molecule has 0 radical (unpaired) electrons. The van der Waals surface area contributed by atoms with Crippen LogP contribution in [-0.4, -0.2) is 70.6 Å². The molecule has 1 saturated heterocycles. The normalized spacial score (nSPS) is 20.4. The van der Waals surface area contributed by atoms with E-state index in [4.69, 9.17) is 21.3 Å². The lowest BCUT2D eigenvalue weighted by atomic mass is 9.86. The fraction of sp³-hybridized carbons (Fsp3) is 0.265. The van der Waals surface area contributed by atoms with Crippen molar-refractivity contribution < 1.29 is 24.9 Å². The van der Waals surface area contributed by atoms with Crippen molar-refractivity contribution in [2.24, 2.45) is 5.73 Å². The lowest BCUT2D eigenvalue weighted by Gasteiger charge is -2.18. The number of nitrogen functional groups attached to an aromatic ring is 1. The number of primary amides is 1. The highest BCUT2D eigenvalue weighted by atomic mass is 16.6. The highest BCUT2D eigenvalue weighted by Crippen LogP contribution is 2.33. The van der Waals surface area contributed by atoms with Gasteiger partial charge in [-0.05, 0) is 70.5 Å². The number of hydrogen-bond acceptors (Lipinski definition) is 10. The number of aryl methyl sites for hydroxylation is 2. The number of aromatic nitrogens is 5. The summed E-state index contributed by atoms with van der Waals surface area (Å²) >= 11 is 0. The molecule has 46 heavy (non-hydrogen) atoms. The number of carbonyl (C=O) groups is 1. The van der Waals surface area contributed by atoms with Crippen LogP contribution in [0.25, 0.3) is 32.7 Å². The number of hydrogen-bond donors (Lipinski definition) is 5. The average molecular weight is 622 g/mol. The summed E-state index contributed by atoms with van der Waals surface area (Å²) in [5.74, 6) is -0.224. The lowest BCUT2D eigenvalue weighted by molar-refractivity contribution is -0.0511. The Kier molecular flexibility index (Phi) is 9.13. The van der Waals surface area contributed by atoms with Crippen molar-refractivity contribution in [2.45, 2.75) is 50.2 Å². The van der Waals surface area contributed by atoms with Gasteiger partial charge in [-0.1, -0.05) is 48.5 Å². The second-order valence-corrected chi connectivity index (χ2v) is 11.2. The molecule has 4 atom stereocenters. The SMILES string of the molecule is NC(=O)c1cccnc1.Nc1ncnc2c1ncn2[C@@H]1O[C@H](CO)[C@@H](O)[C@H]1O.c1ccc2c(c1)ccc1c3c(ccc12)CCCC3. The number of rotatable bonds is 3. The van der Waals surface area contributed by atoms with Crippen molar-refractivity contribution in [3.63, 3.8) is 0 Å². The van der Waals surface area contributed by atoms with Crippen molar-refractivity contribution in [2.75, 3.05) is 12.3 Å². The minimum Gasteiger partial charge on any atom is -0.394 e. The van der Waals surface area contributed by atoms with Gasteiger partial charge in [0.15, 0.2) is 17.7 Å². The van der Waals surface area contributed by atoms with Gasteiger partial charge in [0.05, 0.1) is 18.5 Å². The number of nitrogens with zero attached hydrogens (tertiary/aromatic N) is 5. The van der Waals surface area contributed by atoms with Crippen molar-refractivity contribution in [1.82, 2.24) is 24.5 Å². The quantitative estimate of drug-likeness (QED) is 0.183. The van der Waals surface area contributed by atoms with E-state index in [1.165, 1.54) is 70.6 Å². The van der Waals surface area contributed by atoms with Crippen molar-refractivity contribution in [1.29, 1.82) is 0 Å². The Bertz CT molecular complexity index is 1980. The summed E-state index contributed by atoms with van der Waals surface area (Å²) in [5.41, 5.74) is 15.0. The molecule has 3 aromatic heterocycles. The first-order chi connectivity index (χ1) is 22.4. The van der Waals surface area contributed by atoms with Crippen molar-refractivity contribution in [3.05, 3.63) is 102 Å². The first-order valence-electron chi connectivity index (χ1n) is 15.0. The fourth-order valence-corrected chi connectivity index (χ4v) is 6.02. The summed E-state index contributed by atoms with van der Waals surface area (Å²) in [5, 5.41) is 34.4. The van der Waals surface area contributed by atoms with E-state index in [0.717, 1.165) is 0 Å². The molecular formula is C34H35N7O5. The molecule has 0 bridgehead atoms. The number of pyridine rings is 1. The molecule has 0 spiro atoms. The van der Waals surface area contributed by atoms with E-state index in [0.29, 0.717) is 16.7 Å². The topological polar surface area (TPSA) is 196 Å². The molecule has 1 aliphatic carbocycles. The molecule has 0 saturated carbocycles. The van der Waals surface area contributed by atoms with Crippen LogP contribution in [0.15, 0.2) is 85.7 Å². The summed E-state index contributed by atoms with van der Waals surface area (Å²) in [4.78, 5) is 26.0. The molecule has 1 amide bonds. The molecule has 6 aromatic rings. The molecule has 12 nitrogen and oxygen atoms in total. The highest BCUT2D eigenvalue weighted by Gasteiger charge is 2.44. The Labute approximate surface area is 264 Å². The predicted molar refractivity (Wildman–Crippen MR) is 174 cm³/mol. The third kappa shape index (κ3) is 6.11. The summed E-state index contributed by atoms with van der Waals surface area (Å²) in [6, 6.07) is 21.3. The van der Waals surface area contributed by atoms with Crippen LogP contribution in [0.1, 0.15) is 40.6 Å².